The molecule has 0 bridgehead atoms. The van der Waals surface area contributed by atoms with Crippen molar-refractivity contribution in [3.63, 3.8) is 0 Å². The predicted molar refractivity (Wildman–Crippen MR) is 73.8 cm³/mol. The summed E-state index contributed by atoms with van der Waals surface area (Å²) in [5, 5.41) is 5.48. The molecule has 1 aromatic carbocycles. The van der Waals surface area contributed by atoms with Gasteiger partial charge in [-0.2, -0.15) is 0 Å². The highest BCUT2D eigenvalue weighted by atomic mass is 19.2. The molecule has 0 saturated carbocycles. The second kappa shape index (κ2) is 6.54. The van der Waals surface area contributed by atoms with Crippen LogP contribution in [0, 0.1) is 17.6 Å². The number of carbonyl (C=O) groups excluding carboxylic acids is 1. The Morgan fingerprint density at radius 1 is 1.35 bits per heavy atom. The molecule has 1 heterocycles. The fraction of sp³-hybridized carbons (Fsp3) is 0.500. The maximum atomic E-state index is 13.2. The summed E-state index contributed by atoms with van der Waals surface area (Å²) in [6.07, 6.45) is 0.922. The molecule has 0 spiro atoms. The second-order valence-electron chi connectivity index (χ2n) is 4.94. The quantitative estimate of drug-likeness (QED) is 0.889. The zero-order valence-electron chi connectivity index (χ0n) is 11.5. The summed E-state index contributed by atoms with van der Waals surface area (Å²) < 4.78 is 26.1. The van der Waals surface area contributed by atoms with E-state index in [2.05, 4.69) is 10.6 Å². The van der Waals surface area contributed by atoms with E-state index >= 15 is 0 Å². The van der Waals surface area contributed by atoms with Gasteiger partial charge >= 0.3 is 6.03 Å². The van der Waals surface area contributed by atoms with Gasteiger partial charge in [0.25, 0.3) is 0 Å². The van der Waals surface area contributed by atoms with Gasteiger partial charge in [-0.15, -0.1) is 0 Å². The highest BCUT2D eigenvalue weighted by molar-refractivity contribution is 5.73. The molecule has 1 aliphatic rings. The Labute approximate surface area is 117 Å². The summed E-state index contributed by atoms with van der Waals surface area (Å²) in [7, 11) is 0. The summed E-state index contributed by atoms with van der Waals surface area (Å²) in [4.78, 5) is 13.3. The Bertz CT molecular complexity index is 481. The van der Waals surface area contributed by atoms with E-state index in [4.69, 9.17) is 0 Å². The zero-order valence-corrected chi connectivity index (χ0v) is 11.5. The van der Waals surface area contributed by atoms with Crippen LogP contribution in [0.4, 0.5) is 19.3 Å². The molecule has 1 atom stereocenters. The Morgan fingerprint density at radius 2 is 2.15 bits per heavy atom. The molecular formula is C14H19F2N3O. The SMILES string of the molecule is CCNC(=O)NCC1CCN(c2ccc(F)c(F)c2)C1. The molecule has 1 unspecified atom stereocenters. The third-order valence-electron chi connectivity index (χ3n) is 3.44. The number of benzene rings is 1. The summed E-state index contributed by atoms with van der Waals surface area (Å²) in [5.74, 6) is -1.33. The minimum Gasteiger partial charge on any atom is -0.371 e. The Balaban J connectivity index is 1.85. The van der Waals surface area contributed by atoms with Crippen LogP contribution in [0.3, 0.4) is 0 Å². The smallest absolute Gasteiger partial charge is 0.314 e. The van der Waals surface area contributed by atoms with Gasteiger partial charge in [0, 0.05) is 37.9 Å². The number of anilines is 1. The van der Waals surface area contributed by atoms with Crippen molar-refractivity contribution in [2.75, 3.05) is 31.1 Å². The highest BCUT2D eigenvalue weighted by Gasteiger charge is 2.23. The van der Waals surface area contributed by atoms with Crippen molar-refractivity contribution < 1.29 is 13.6 Å². The normalized spacial score (nSPS) is 18.1. The van der Waals surface area contributed by atoms with E-state index in [0.29, 0.717) is 24.7 Å². The van der Waals surface area contributed by atoms with Gasteiger partial charge in [0.2, 0.25) is 0 Å². The van der Waals surface area contributed by atoms with E-state index in [9.17, 15) is 13.6 Å². The summed E-state index contributed by atoms with van der Waals surface area (Å²) in [6, 6.07) is 3.77. The van der Waals surface area contributed by atoms with Crippen LogP contribution in [0.1, 0.15) is 13.3 Å². The molecule has 2 N–H and O–H groups in total. The molecule has 1 fully saturated rings. The van der Waals surface area contributed by atoms with Gasteiger partial charge in [-0.3, -0.25) is 0 Å². The number of halogens is 2. The van der Waals surface area contributed by atoms with Crippen molar-refractivity contribution in [2.45, 2.75) is 13.3 Å². The van der Waals surface area contributed by atoms with Crippen LogP contribution in [0.25, 0.3) is 0 Å². The van der Waals surface area contributed by atoms with Gasteiger partial charge in [0.05, 0.1) is 0 Å². The lowest BCUT2D eigenvalue weighted by Gasteiger charge is -2.19. The number of hydrogen-bond acceptors (Lipinski definition) is 2. The fourth-order valence-electron chi connectivity index (χ4n) is 2.38. The van der Waals surface area contributed by atoms with Crippen molar-refractivity contribution in [1.29, 1.82) is 0 Å². The monoisotopic (exact) mass is 283 g/mol. The van der Waals surface area contributed by atoms with Crippen molar-refractivity contribution in [3.05, 3.63) is 29.8 Å². The first kappa shape index (κ1) is 14.6. The predicted octanol–water partition coefficient (Wildman–Crippen LogP) is 2.11. The first-order valence-electron chi connectivity index (χ1n) is 6.82. The van der Waals surface area contributed by atoms with E-state index in [-0.39, 0.29) is 6.03 Å². The maximum Gasteiger partial charge on any atom is 0.314 e. The van der Waals surface area contributed by atoms with Crippen LogP contribution in [0.15, 0.2) is 18.2 Å². The van der Waals surface area contributed by atoms with Crippen LogP contribution in [0.5, 0.6) is 0 Å². The number of carbonyl (C=O) groups is 1. The number of urea groups is 1. The number of amides is 2. The molecule has 20 heavy (non-hydrogen) atoms. The van der Waals surface area contributed by atoms with Gasteiger partial charge in [-0.05, 0) is 31.4 Å². The molecule has 1 aromatic rings. The number of hydrogen-bond donors (Lipinski definition) is 2. The third kappa shape index (κ3) is 3.59. The lowest BCUT2D eigenvalue weighted by Crippen LogP contribution is -2.38. The molecule has 4 nitrogen and oxygen atoms in total. The van der Waals surface area contributed by atoms with Crippen LogP contribution in [-0.2, 0) is 0 Å². The molecule has 1 aliphatic heterocycles. The number of nitrogens with zero attached hydrogens (tertiary/aromatic N) is 1. The van der Waals surface area contributed by atoms with Gasteiger partial charge < -0.3 is 15.5 Å². The fourth-order valence-corrected chi connectivity index (χ4v) is 2.38. The molecule has 1 saturated heterocycles. The largest absolute Gasteiger partial charge is 0.371 e. The molecular weight excluding hydrogens is 264 g/mol. The second-order valence-corrected chi connectivity index (χ2v) is 4.94. The van der Waals surface area contributed by atoms with E-state index in [1.807, 2.05) is 11.8 Å². The van der Waals surface area contributed by atoms with Crippen LogP contribution >= 0.6 is 0 Å². The van der Waals surface area contributed by atoms with E-state index in [1.54, 1.807) is 6.07 Å². The summed E-state index contributed by atoms with van der Waals surface area (Å²) >= 11 is 0. The molecule has 2 amide bonds. The number of rotatable bonds is 4. The first-order chi connectivity index (χ1) is 9.60. The average molecular weight is 283 g/mol. The van der Waals surface area contributed by atoms with E-state index < -0.39 is 11.6 Å². The Morgan fingerprint density at radius 3 is 2.85 bits per heavy atom. The molecule has 110 valence electrons. The van der Waals surface area contributed by atoms with Crippen molar-refractivity contribution in [2.24, 2.45) is 5.92 Å². The number of nitrogens with one attached hydrogen (secondary N) is 2. The van der Waals surface area contributed by atoms with Crippen LogP contribution < -0.4 is 15.5 Å². The van der Waals surface area contributed by atoms with E-state index in [0.717, 1.165) is 25.6 Å². The minimum atomic E-state index is -0.831. The van der Waals surface area contributed by atoms with Gasteiger partial charge in [0.1, 0.15) is 0 Å². The lowest BCUT2D eigenvalue weighted by molar-refractivity contribution is 0.240. The lowest BCUT2D eigenvalue weighted by atomic mass is 10.1. The third-order valence-corrected chi connectivity index (χ3v) is 3.44. The standard InChI is InChI=1S/C14H19F2N3O/c1-2-17-14(20)18-8-10-5-6-19(9-10)11-3-4-12(15)13(16)7-11/h3-4,7,10H,2,5-6,8-9H2,1H3,(H2,17,18,20). The molecule has 0 radical (unpaired) electrons. The summed E-state index contributed by atoms with van der Waals surface area (Å²) in [5.41, 5.74) is 0.685. The Hall–Kier alpha value is -1.85. The summed E-state index contributed by atoms with van der Waals surface area (Å²) in [6.45, 7) is 4.56. The van der Waals surface area contributed by atoms with E-state index in [1.165, 1.54) is 6.07 Å². The highest BCUT2D eigenvalue weighted by Crippen LogP contribution is 2.24. The van der Waals surface area contributed by atoms with Crippen molar-refractivity contribution in [1.82, 2.24) is 10.6 Å². The maximum absolute atomic E-state index is 13.2. The van der Waals surface area contributed by atoms with Crippen molar-refractivity contribution in [3.8, 4) is 0 Å². The van der Waals surface area contributed by atoms with Gasteiger partial charge in [0.15, 0.2) is 11.6 Å². The minimum absolute atomic E-state index is 0.168. The van der Waals surface area contributed by atoms with Crippen LogP contribution in [0.2, 0.25) is 0 Å². The molecule has 2 rings (SSSR count). The molecule has 6 heteroatoms. The van der Waals surface area contributed by atoms with Gasteiger partial charge in [-0.1, -0.05) is 0 Å². The Kier molecular flexibility index (Phi) is 4.76. The first-order valence-corrected chi connectivity index (χ1v) is 6.82. The zero-order chi connectivity index (χ0) is 14.5. The average Bonchev–Trinajstić information content (AvgIpc) is 2.89. The van der Waals surface area contributed by atoms with Crippen molar-refractivity contribution >= 4 is 11.7 Å². The molecule has 0 aliphatic carbocycles. The molecule has 0 aromatic heterocycles. The topological polar surface area (TPSA) is 44.4 Å². The van der Waals surface area contributed by atoms with Gasteiger partial charge in [-0.25, -0.2) is 13.6 Å². The van der Waals surface area contributed by atoms with Crippen LogP contribution in [-0.4, -0.2) is 32.2 Å².